The van der Waals surface area contributed by atoms with Crippen molar-refractivity contribution in [1.82, 2.24) is 0 Å². The number of hydrogen-bond donors (Lipinski definition) is 2. The molecule has 4 bridgehead atoms. The minimum atomic E-state index is -5.62. The number of carbonyl (C=O) groups excluding carboxylic acids is 2. The number of ether oxygens (including phenoxy) is 2. The van der Waals surface area contributed by atoms with Crippen molar-refractivity contribution in [3.8, 4) is 0 Å². The van der Waals surface area contributed by atoms with Crippen molar-refractivity contribution in [3.05, 3.63) is 0 Å². The third-order valence-corrected chi connectivity index (χ3v) is 6.44. The summed E-state index contributed by atoms with van der Waals surface area (Å²) in [6.07, 6.45) is -4.80. The van der Waals surface area contributed by atoms with Crippen molar-refractivity contribution in [2.75, 3.05) is 6.61 Å². The summed E-state index contributed by atoms with van der Waals surface area (Å²) >= 11 is 3.06. The lowest BCUT2D eigenvalue weighted by molar-refractivity contribution is -0.358. The van der Waals surface area contributed by atoms with Crippen LogP contribution in [0.3, 0.4) is 0 Å². The molecule has 3 unspecified atom stereocenters. The van der Waals surface area contributed by atoms with Gasteiger partial charge in [-0.15, -0.1) is 0 Å². The molecule has 0 heterocycles. The molecule has 0 amide bonds. The third kappa shape index (κ3) is 4.27. The standard InChI is InChI=1S/C18H23F5O6S/c1-14(19,20)2-3-27-17(13(25)29-30,18(21,22)23)28-12(24)15-5-10-4-11(6-15)8-16(26,7-10)9-15/h10-11,26,30H,2-9H2,1H3. The van der Waals surface area contributed by atoms with Crippen molar-refractivity contribution in [3.63, 3.8) is 0 Å². The predicted octanol–water partition coefficient (Wildman–Crippen LogP) is 3.57. The van der Waals surface area contributed by atoms with Gasteiger partial charge >= 0.3 is 23.9 Å². The molecule has 30 heavy (non-hydrogen) atoms. The molecule has 0 saturated heterocycles. The molecule has 4 aliphatic carbocycles. The molecule has 0 aromatic carbocycles. The maximum atomic E-state index is 13.9. The van der Waals surface area contributed by atoms with Crippen LogP contribution in [0.4, 0.5) is 22.0 Å². The van der Waals surface area contributed by atoms with E-state index in [4.69, 9.17) is 0 Å². The first-order valence-corrected chi connectivity index (χ1v) is 9.90. The Labute approximate surface area is 175 Å². The second-order valence-electron chi connectivity index (χ2n) is 9.02. The van der Waals surface area contributed by atoms with Crippen LogP contribution in [0.5, 0.6) is 0 Å². The monoisotopic (exact) mass is 462 g/mol. The first-order chi connectivity index (χ1) is 13.6. The third-order valence-electron chi connectivity index (χ3n) is 6.27. The van der Waals surface area contributed by atoms with E-state index >= 15 is 0 Å². The molecule has 12 heteroatoms. The quantitative estimate of drug-likeness (QED) is 0.198. The fourth-order valence-corrected chi connectivity index (χ4v) is 5.63. The van der Waals surface area contributed by atoms with E-state index in [-0.39, 0.29) is 31.1 Å². The van der Waals surface area contributed by atoms with Gasteiger partial charge in [-0.25, -0.2) is 13.6 Å². The molecular formula is C18H23F5O6S. The lowest BCUT2D eigenvalue weighted by Crippen LogP contribution is -2.63. The highest BCUT2D eigenvalue weighted by molar-refractivity contribution is 7.75. The van der Waals surface area contributed by atoms with Gasteiger partial charge in [-0.2, -0.15) is 13.2 Å². The van der Waals surface area contributed by atoms with Crippen LogP contribution in [0, 0.1) is 17.3 Å². The van der Waals surface area contributed by atoms with Crippen molar-refractivity contribution in [2.45, 2.75) is 75.4 Å². The number of carbonyl (C=O) groups is 2. The maximum absolute atomic E-state index is 13.9. The zero-order valence-corrected chi connectivity index (χ0v) is 17.0. The summed E-state index contributed by atoms with van der Waals surface area (Å²) in [6.45, 7) is -0.772. The molecule has 4 saturated carbocycles. The maximum Gasteiger partial charge on any atom is 0.468 e. The Kier molecular flexibility index (Phi) is 5.86. The number of rotatable bonds is 7. The van der Waals surface area contributed by atoms with Crippen LogP contribution in [0.1, 0.15) is 51.9 Å². The zero-order valence-electron chi connectivity index (χ0n) is 16.1. The van der Waals surface area contributed by atoms with E-state index in [0.29, 0.717) is 19.8 Å². The van der Waals surface area contributed by atoms with E-state index in [1.54, 1.807) is 0 Å². The fraction of sp³-hybridized carbons (Fsp3) is 0.889. The average Bonchev–Trinajstić information content (AvgIpc) is 2.55. The van der Waals surface area contributed by atoms with Gasteiger partial charge in [0.1, 0.15) is 0 Å². The van der Waals surface area contributed by atoms with Crippen LogP contribution >= 0.6 is 12.9 Å². The van der Waals surface area contributed by atoms with E-state index < -0.39 is 53.9 Å². The molecule has 4 rings (SSSR count). The van der Waals surface area contributed by atoms with E-state index in [2.05, 4.69) is 26.6 Å². The molecule has 0 spiro atoms. The highest BCUT2D eigenvalue weighted by Crippen LogP contribution is 2.62. The topological polar surface area (TPSA) is 82.1 Å². The largest absolute Gasteiger partial charge is 0.468 e. The van der Waals surface area contributed by atoms with Gasteiger partial charge in [0.15, 0.2) is 0 Å². The molecule has 172 valence electrons. The summed E-state index contributed by atoms with van der Waals surface area (Å²) in [5.41, 5.74) is -2.59. The van der Waals surface area contributed by atoms with Crippen molar-refractivity contribution in [2.24, 2.45) is 17.3 Å². The minimum absolute atomic E-state index is 0.0550. The predicted molar refractivity (Wildman–Crippen MR) is 93.2 cm³/mol. The lowest BCUT2D eigenvalue weighted by Gasteiger charge is -2.59. The first kappa shape index (κ1) is 23.5. The van der Waals surface area contributed by atoms with Gasteiger partial charge in [0.25, 0.3) is 0 Å². The van der Waals surface area contributed by atoms with Crippen LogP contribution in [0.2, 0.25) is 0 Å². The summed E-state index contributed by atoms with van der Waals surface area (Å²) in [5.74, 6) is -11.3. The molecule has 1 N–H and O–H groups in total. The number of esters is 1. The highest BCUT2D eigenvalue weighted by atomic mass is 32.1. The Morgan fingerprint density at radius 3 is 2.10 bits per heavy atom. The zero-order chi connectivity index (χ0) is 22.6. The Morgan fingerprint density at radius 2 is 1.67 bits per heavy atom. The Hall–Kier alpha value is -1.14. The number of hydrogen-bond acceptors (Lipinski definition) is 7. The van der Waals surface area contributed by atoms with Gasteiger partial charge in [0.05, 0.1) is 17.6 Å². The molecule has 3 atom stereocenters. The van der Waals surface area contributed by atoms with Gasteiger partial charge in [-0.1, -0.05) is 0 Å². The number of thiol groups is 1. The average molecular weight is 462 g/mol. The van der Waals surface area contributed by atoms with Gasteiger partial charge in [0.2, 0.25) is 5.92 Å². The molecule has 4 fully saturated rings. The van der Waals surface area contributed by atoms with E-state index in [1.807, 2.05) is 0 Å². The molecule has 0 radical (unpaired) electrons. The Morgan fingerprint density at radius 1 is 1.10 bits per heavy atom. The fourth-order valence-electron chi connectivity index (χ4n) is 5.51. The number of halogens is 5. The number of alkyl halides is 5. The first-order valence-electron chi connectivity index (χ1n) is 9.54. The molecule has 0 aliphatic heterocycles. The van der Waals surface area contributed by atoms with Crippen molar-refractivity contribution in [1.29, 1.82) is 0 Å². The second kappa shape index (κ2) is 7.47. The second-order valence-corrected chi connectivity index (χ2v) is 9.20. The van der Waals surface area contributed by atoms with Gasteiger partial charge in [-0.05, 0) is 57.3 Å². The Bertz CT molecular complexity index is 694. The summed E-state index contributed by atoms with van der Waals surface area (Å²) in [5, 5.41) is 10.7. The van der Waals surface area contributed by atoms with Crippen molar-refractivity contribution >= 4 is 24.8 Å². The molecule has 6 nitrogen and oxygen atoms in total. The molecule has 0 aromatic heterocycles. The van der Waals surface area contributed by atoms with Gasteiger partial charge in [0, 0.05) is 19.3 Å². The van der Waals surface area contributed by atoms with Crippen LogP contribution < -0.4 is 0 Å². The van der Waals surface area contributed by atoms with E-state index in [0.717, 1.165) is 6.42 Å². The normalized spacial score (nSPS) is 35.1. The van der Waals surface area contributed by atoms with E-state index in [9.17, 15) is 36.6 Å². The van der Waals surface area contributed by atoms with Gasteiger partial charge < -0.3 is 18.8 Å². The summed E-state index contributed by atoms with van der Waals surface area (Å²) in [6, 6.07) is 0. The van der Waals surface area contributed by atoms with E-state index in [1.165, 1.54) is 0 Å². The smallest absolute Gasteiger partial charge is 0.414 e. The molecule has 4 aliphatic rings. The highest BCUT2D eigenvalue weighted by Gasteiger charge is 2.70. The summed E-state index contributed by atoms with van der Waals surface area (Å²) < 4.78 is 80.7. The van der Waals surface area contributed by atoms with Gasteiger partial charge in [-0.3, -0.25) is 4.79 Å². The summed E-state index contributed by atoms with van der Waals surface area (Å²) in [7, 11) is 0. The van der Waals surface area contributed by atoms with Crippen LogP contribution in [-0.4, -0.2) is 47.1 Å². The molecule has 0 aromatic rings. The molecular weight excluding hydrogens is 439 g/mol. The Balaban J connectivity index is 1.88. The number of aliphatic hydroxyl groups is 1. The van der Waals surface area contributed by atoms with Crippen LogP contribution in [0.25, 0.3) is 0 Å². The summed E-state index contributed by atoms with van der Waals surface area (Å²) in [4.78, 5) is 25.0. The SMILES string of the molecule is CC(F)(F)CCOC(OC(=O)C12CC3CC(CC(O)(C3)C1)C2)(C(=O)OS)C(F)(F)F. The van der Waals surface area contributed by atoms with Crippen LogP contribution in [-0.2, 0) is 23.2 Å². The van der Waals surface area contributed by atoms with Crippen LogP contribution in [0.15, 0.2) is 0 Å². The van der Waals surface area contributed by atoms with Crippen molar-refractivity contribution < 1.29 is 50.3 Å². The lowest BCUT2D eigenvalue weighted by atomic mass is 9.48. The minimum Gasteiger partial charge on any atom is -0.414 e.